The number of thioether (sulfide) groups is 1. The van der Waals surface area contributed by atoms with Crippen LogP contribution >= 0.6 is 11.8 Å². The molecule has 2 saturated heterocycles. The largest absolute Gasteiger partial charge is 0.356 e. The number of nitrogens with zero attached hydrogens (tertiary/aromatic N) is 2. The molecule has 0 radical (unpaired) electrons. The molecule has 0 unspecified atom stereocenters. The summed E-state index contributed by atoms with van der Waals surface area (Å²) in [6, 6.07) is 8.13. The minimum atomic E-state index is -3.62. The molecular weight excluding hydrogens is 466 g/mol. The summed E-state index contributed by atoms with van der Waals surface area (Å²) in [5, 5.41) is 5.43. The maximum absolute atomic E-state index is 12.7. The molecule has 2 fully saturated rings. The lowest BCUT2D eigenvalue weighted by Gasteiger charge is -2.26. The molecule has 3 N–H and O–H groups in total. The molecule has 0 spiro atoms. The average Bonchev–Trinajstić information content (AvgIpc) is 3.34. The van der Waals surface area contributed by atoms with Gasteiger partial charge in [0.2, 0.25) is 15.9 Å². The molecule has 0 saturated carbocycles. The first-order chi connectivity index (χ1) is 15.8. The van der Waals surface area contributed by atoms with Gasteiger partial charge >= 0.3 is 0 Å². The van der Waals surface area contributed by atoms with Crippen LogP contribution in [0.15, 0.2) is 41.4 Å². The molecule has 33 heavy (non-hydrogen) atoms. The number of hydrogen-bond donors (Lipinski definition) is 3. The van der Waals surface area contributed by atoms with Crippen molar-refractivity contribution in [2.45, 2.75) is 11.4 Å². The summed E-state index contributed by atoms with van der Waals surface area (Å²) < 4.78 is 26.9. The Bertz CT molecular complexity index is 1140. The SMILES string of the molecule is O=C1CN(C(=O)c2ccc(CNC(=O)c3cc(S(=O)(=O)N4CCSCC4)c[nH]3)cc2)CCN1. The van der Waals surface area contributed by atoms with Gasteiger partial charge in [0.1, 0.15) is 10.6 Å². The van der Waals surface area contributed by atoms with Crippen LogP contribution in [0.2, 0.25) is 0 Å². The number of hydrogen-bond acceptors (Lipinski definition) is 6. The lowest BCUT2D eigenvalue weighted by molar-refractivity contribution is -0.123. The van der Waals surface area contributed by atoms with Crippen molar-refractivity contribution in [1.29, 1.82) is 0 Å². The van der Waals surface area contributed by atoms with E-state index in [0.29, 0.717) is 31.7 Å². The van der Waals surface area contributed by atoms with Crippen LogP contribution in [-0.4, -0.2) is 84.6 Å². The Morgan fingerprint density at radius 1 is 1.09 bits per heavy atom. The molecule has 0 atom stereocenters. The van der Waals surface area contributed by atoms with E-state index in [9.17, 15) is 22.8 Å². The van der Waals surface area contributed by atoms with Crippen LogP contribution in [0.3, 0.4) is 0 Å². The van der Waals surface area contributed by atoms with Gasteiger partial charge in [-0.15, -0.1) is 0 Å². The number of aromatic nitrogens is 1. The van der Waals surface area contributed by atoms with Gasteiger partial charge in [0.05, 0.1) is 6.54 Å². The summed E-state index contributed by atoms with van der Waals surface area (Å²) in [6.45, 7) is 2.08. The highest BCUT2D eigenvalue weighted by atomic mass is 32.2. The van der Waals surface area contributed by atoms with Gasteiger partial charge in [-0.25, -0.2) is 8.42 Å². The zero-order valence-corrected chi connectivity index (χ0v) is 19.5. The Kier molecular flexibility index (Phi) is 7.05. The molecule has 4 rings (SSSR count). The molecule has 12 heteroatoms. The third-order valence-electron chi connectivity index (χ3n) is 5.49. The standard InChI is InChI=1S/C21H25N5O5S2/c27-19-14-25(6-5-22-19)21(29)16-3-1-15(2-4-16)12-24-20(28)18-11-17(13-23-18)33(30,31)26-7-9-32-10-8-26/h1-4,11,13,23H,5-10,12,14H2,(H,22,27)(H,24,28). The molecule has 0 bridgehead atoms. The summed E-state index contributed by atoms with van der Waals surface area (Å²) in [6.07, 6.45) is 1.34. The topological polar surface area (TPSA) is 132 Å². The van der Waals surface area contributed by atoms with Crippen molar-refractivity contribution in [3.63, 3.8) is 0 Å². The number of sulfonamides is 1. The fourth-order valence-electron chi connectivity index (χ4n) is 3.63. The van der Waals surface area contributed by atoms with Gasteiger partial charge in [-0.05, 0) is 23.8 Å². The molecule has 3 amide bonds. The zero-order chi connectivity index (χ0) is 23.4. The van der Waals surface area contributed by atoms with E-state index < -0.39 is 15.9 Å². The first-order valence-electron chi connectivity index (χ1n) is 10.5. The molecule has 176 valence electrons. The first kappa shape index (κ1) is 23.3. The van der Waals surface area contributed by atoms with Crippen LogP contribution in [-0.2, 0) is 21.4 Å². The van der Waals surface area contributed by atoms with Crippen molar-refractivity contribution < 1.29 is 22.8 Å². The molecule has 2 aromatic rings. The summed E-state index contributed by atoms with van der Waals surface area (Å²) in [7, 11) is -3.62. The number of carbonyl (C=O) groups excluding carboxylic acids is 3. The third-order valence-corrected chi connectivity index (χ3v) is 8.31. The van der Waals surface area contributed by atoms with Crippen LogP contribution in [0.5, 0.6) is 0 Å². The minimum absolute atomic E-state index is 0.0429. The highest BCUT2D eigenvalue weighted by molar-refractivity contribution is 7.99. The van der Waals surface area contributed by atoms with Gasteiger partial charge in [0.25, 0.3) is 11.8 Å². The maximum Gasteiger partial charge on any atom is 0.268 e. The number of benzene rings is 1. The van der Waals surface area contributed by atoms with E-state index in [1.165, 1.54) is 21.5 Å². The van der Waals surface area contributed by atoms with E-state index in [1.807, 2.05) is 0 Å². The van der Waals surface area contributed by atoms with Crippen molar-refractivity contribution in [3.05, 3.63) is 53.3 Å². The minimum Gasteiger partial charge on any atom is -0.356 e. The second kappa shape index (κ2) is 9.98. The fourth-order valence-corrected chi connectivity index (χ4v) is 6.20. The Labute approximate surface area is 196 Å². The molecule has 10 nitrogen and oxygen atoms in total. The highest BCUT2D eigenvalue weighted by Gasteiger charge is 2.28. The third kappa shape index (κ3) is 5.40. The molecule has 3 heterocycles. The van der Waals surface area contributed by atoms with Gasteiger partial charge in [0.15, 0.2) is 0 Å². The van der Waals surface area contributed by atoms with Crippen molar-refractivity contribution in [3.8, 4) is 0 Å². The summed E-state index contributed by atoms with van der Waals surface area (Å²) in [4.78, 5) is 40.8. The molecule has 2 aliphatic rings. The number of H-pyrrole nitrogens is 1. The maximum atomic E-state index is 12.7. The number of nitrogens with one attached hydrogen (secondary N) is 3. The van der Waals surface area contributed by atoms with E-state index in [2.05, 4.69) is 15.6 Å². The van der Waals surface area contributed by atoms with E-state index >= 15 is 0 Å². The molecule has 1 aromatic heterocycles. The lowest BCUT2D eigenvalue weighted by Crippen LogP contribution is -2.49. The molecule has 2 aliphatic heterocycles. The second-order valence-corrected chi connectivity index (χ2v) is 10.9. The van der Waals surface area contributed by atoms with E-state index in [1.54, 1.807) is 36.0 Å². The van der Waals surface area contributed by atoms with Crippen LogP contribution < -0.4 is 10.6 Å². The summed E-state index contributed by atoms with van der Waals surface area (Å²) in [5.41, 5.74) is 1.41. The van der Waals surface area contributed by atoms with Crippen LogP contribution in [0, 0.1) is 0 Å². The summed E-state index contributed by atoms with van der Waals surface area (Å²) >= 11 is 1.72. The Morgan fingerprint density at radius 2 is 1.82 bits per heavy atom. The molecule has 1 aromatic carbocycles. The van der Waals surface area contributed by atoms with Gasteiger partial charge in [0, 0.05) is 56.0 Å². The van der Waals surface area contributed by atoms with E-state index in [0.717, 1.165) is 17.1 Å². The van der Waals surface area contributed by atoms with Crippen molar-refractivity contribution in [1.82, 2.24) is 24.8 Å². The van der Waals surface area contributed by atoms with Crippen LogP contribution in [0.4, 0.5) is 0 Å². The van der Waals surface area contributed by atoms with E-state index in [-0.39, 0.29) is 35.5 Å². The van der Waals surface area contributed by atoms with Gasteiger partial charge in [-0.3, -0.25) is 14.4 Å². The Balaban J connectivity index is 1.33. The predicted molar refractivity (Wildman–Crippen MR) is 123 cm³/mol. The number of piperazine rings is 1. The zero-order valence-electron chi connectivity index (χ0n) is 17.9. The van der Waals surface area contributed by atoms with Crippen molar-refractivity contribution in [2.75, 3.05) is 44.2 Å². The summed E-state index contributed by atoms with van der Waals surface area (Å²) in [5.74, 6) is 0.700. The fraction of sp³-hybridized carbons (Fsp3) is 0.381. The Hall–Kier alpha value is -2.83. The van der Waals surface area contributed by atoms with Gasteiger partial charge in [-0.1, -0.05) is 12.1 Å². The monoisotopic (exact) mass is 491 g/mol. The first-order valence-corrected chi connectivity index (χ1v) is 13.1. The lowest BCUT2D eigenvalue weighted by atomic mass is 10.1. The van der Waals surface area contributed by atoms with Gasteiger partial charge in [-0.2, -0.15) is 16.1 Å². The smallest absolute Gasteiger partial charge is 0.268 e. The van der Waals surface area contributed by atoms with Crippen molar-refractivity contribution >= 4 is 39.5 Å². The average molecular weight is 492 g/mol. The predicted octanol–water partition coefficient (Wildman–Crippen LogP) is 0.254. The Morgan fingerprint density at radius 3 is 2.52 bits per heavy atom. The number of carbonyl (C=O) groups is 3. The van der Waals surface area contributed by atoms with Gasteiger partial charge < -0.3 is 20.5 Å². The normalized spacial score (nSPS) is 17.5. The number of rotatable bonds is 6. The van der Waals surface area contributed by atoms with Crippen LogP contribution in [0.25, 0.3) is 0 Å². The molecule has 0 aliphatic carbocycles. The quantitative estimate of drug-likeness (QED) is 0.531. The van der Waals surface area contributed by atoms with Crippen LogP contribution in [0.1, 0.15) is 26.4 Å². The van der Waals surface area contributed by atoms with E-state index in [4.69, 9.17) is 0 Å². The van der Waals surface area contributed by atoms with Crippen molar-refractivity contribution in [2.24, 2.45) is 0 Å². The second-order valence-electron chi connectivity index (χ2n) is 7.72. The number of aromatic amines is 1. The molecular formula is C21H25N5O5S2. The number of amides is 3. The highest BCUT2D eigenvalue weighted by Crippen LogP contribution is 2.21.